The minimum absolute atomic E-state index is 0.0231. The van der Waals surface area contributed by atoms with Gasteiger partial charge in [-0.25, -0.2) is 0 Å². The molecule has 210 valence electrons. The van der Waals surface area contributed by atoms with Crippen LogP contribution >= 0.6 is 0 Å². The fourth-order valence-electron chi connectivity index (χ4n) is 5.07. The molecular formula is C26H46O10. The second-order valence-electron chi connectivity index (χ2n) is 10.8. The second kappa shape index (κ2) is 13.1. The summed E-state index contributed by atoms with van der Waals surface area (Å²) in [4.78, 5) is 12.9. The van der Waals surface area contributed by atoms with Crippen molar-refractivity contribution in [3.8, 4) is 0 Å². The van der Waals surface area contributed by atoms with E-state index < -0.39 is 59.9 Å². The van der Waals surface area contributed by atoms with Crippen LogP contribution in [0.5, 0.6) is 0 Å². The Morgan fingerprint density at radius 3 is 2.31 bits per heavy atom. The molecule has 2 fully saturated rings. The van der Waals surface area contributed by atoms with E-state index in [2.05, 4.69) is 0 Å². The van der Waals surface area contributed by atoms with Gasteiger partial charge in [0.15, 0.2) is 0 Å². The molecule has 0 aromatic rings. The number of fused-ring (bicyclic) bond motifs is 2. The summed E-state index contributed by atoms with van der Waals surface area (Å²) in [6.07, 6.45) is -3.81. The number of methoxy groups -OCH3 is 2. The number of ether oxygens (including phenoxy) is 4. The summed E-state index contributed by atoms with van der Waals surface area (Å²) >= 11 is 0. The van der Waals surface area contributed by atoms with E-state index in [1.54, 1.807) is 13.8 Å². The average molecular weight is 519 g/mol. The molecule has 5 N–H and O–H groups in total. The Bertz CT molecular complexity index is 736. The maximum atomic E-state index is 12.9. The smallest absolute Gasteiger partial charge is 0.309 e. The van der Waals surface area contributed by atoms with E-state index in [0.29, 0.717) is 0 Å². The van der Waals surface area contributed by atoms with Crippen LogP contribution in [0.25, 0.3) is 0 Å². The van der Waals surface area contributed by atoms with Crippen LogP contribution in [0, 0.1) is 11.3 Å². The first kappa shape index (κ1) is 31.1. The van der Waals surface area contributed by atoms with Crippen molar-refractivity contribution < 1.29 is 49.3 Å². The van der Waals surface area contributed by atoms with E-state index in [-0.39, 0.29) is 44.6 Å². The third kappa shape index (κ3) is 7.05. The first-order valence-corrected chi connectivity index (χ1v) is 12.8. The molecule has 2 rings (SSSR count). The summed E-state index contributed by atoms with van der Waals surface area (Å²) in [6.45, 7) is 6.89. The van der Waals surface area contributed by atoms with Gasteiger partial charge in [-0.15, -0.1) is 0 Å². The van der Waals surface area contributed by atoms with Crippen molar-refractivity contribution in [2.45, 2.75) is 115 Å². The zero-order valence-corrected chi connectivity index (χ0v) is 22.4. The van der Waals surface area contributed by atoms with Crippen LogP contribution in [0.2, 0.25) is 0 Å². The zero-order chi connectivity index (χ0) is 27.3. The lowest BCUT2D eigenvalue weighted by Gasteiger charge is -2.53. The van der Waals surface area contributed by atoms with Crippen molar-refractivity contribution in [3.05, 3.63) is 11.6 Å². The highest BCUT2D eigenvalue weighted by Crippen LogP contribution is 2.45. The molecule has 0 aromatic heterocycles. The van der Waals surface area contributed by atoms with Gasteiger partial charge in [-0.05, 0) is 18.9 Å². The van der Waals surface area contributed by atoms with Gasteiger partial charge in [0.05, 0.1) is 36.9 Å². The van der Waals surface area contributed by atoms with Crippen molar-refractivity contribution in [2.75, 3.05) is 20.8 Å². The lowest BCUT2D eigenvalue weighted by Crippen LogP contribution is -2.67. The number of carbonyl (C=O) groups excluding carboxylic acids is 1. The van der Waals surface area contributed by atoms with E-state index in [4.69, 9.17) is 18.9 Å². The number of aliphatic hydroxyl groups is 5. The number of cyclic esters (lactones) is 1. The number of aliphatic hydroxyl groups excluding tert-OH is 4. The summed E-state index contributed by atoms with van der Waals surface area (Å²) in [5.74, 6) is -2.86. The largest absolute Gasteiger partial charge is 0.458 e. The Hall–Kier alpha value is -1.11. The van der Waals surface area contributed by atoms with Gasteiger partial charge >= 0.3 is 5.97 Å². The third-order valence-corrected chi connectivity index (χ3v) is 7.96. The fraction of sp³-hybridized carbons (Fsp3) is 0.885. The summed E-state index contributed by atoms with van der Waals surface area (Å²) in [7, 11) is 2.93. The SMILES string of the molecule is CC[C@H](/C=C(/C)[C@@H]1C[C@@H](OC)C[C@H](O)C(C)(C)[C@@]2(O)O[C@@H](C[C@@H](OC)CC(=O)O1)C[C@@H](O)[C@H]2O)CO. The van der Waals surface area contributed by atoms with E-state index in [0.717, 1.165) is 12.0 Å². The van der Waals surface area contributed by atoms with E-state index in [9.17, 15) is 30.3 Å². The maximum absolute atomic E-state index is 12.9. The van der Waals surface area contributed by atoms with E-state index in [1.807, 2.05) is 19.9 Å². The predicted molar refractivity (Wildman–Crippen MR) is 131 cm³/mol. The van der Waals surface area contributed by atoms with E-state index in [1.165, 1.54) is 14.2 Å². The molecule has 0 radical (unpaired) electrons. The first-order chi connectivity index (χ1) is 16.8. The Labute approximate surface area is 214 Å². The standard InChI is InChI=1S/C26H46O10/c1-7-16(14-27)8-15(2)21-11-18(34-6)12-22(29)25(3,4)26(32)24(31)20(28)10-19(36-26)9-17(33-5)13-23(30)35-21/h8,16-22,24,27-29,31-32H,7,9-14H2,1-6H3/b15-8-/t16-,17-,18-,19+,20-,21+,22+,24-,26+/m1/s1. The molecule has 0 aromatic carbocycles. The Balaban J connectivity index is 2.48. The molecule has 9 atom stereocenters. The van der Waals surface area contributed by atoms with Gasteiger partial charge in [0.1, 0.15) is 12.2 Å². The monoisotopic (exact) mass is 518 g/mol. The Kier molecular flexibility index (Phi) is 11.3. The molecule has 2 saturated heterocycles. The molecule has 2 heterocycles. The van der Waals surface area contributed by atoms with Crippen molar-refractivity contribution in [1.29, 1.82) is 0 Å². The lowest BCUT2D eigenvalue weighted by atomic mass is 9.70. The van der Waals surface area contributed by atoms with Crippen LogP contribution in [0.3, 0.4) is 0 Å². The third-order valence-electron chi connectivity index (χ3n) is 7.96. The molecule has 2 aliphatic rings. The van der Waals surface area contributed by atoms with Crippen LogP contribution in [0.1, 0.15) is 66.2 Å². The van der Waals surface area contributed by atoms with Crippen LogP contribution in [0.4, 0.5) is 0 Å². The highest BCUT2D eigenvalue weighted by molar-refractivity contribution is 5.70. The summed E-state index contributed by atoms with van der Waals surface area (Å²) in [5, 5.41) is 53.7. The maximum Gasteiger partial charge on any atom is 0.309 e. The summed E-state index contributed by atoms with van der Waals surface area (Å²) in [5.41, 5.74) is -0.643. The van der Waals surface area contributed by atoms with Crippen LogP contribution in [-0.4, -0.2) is 101 Å². The van der Waals surface area contributed by atoms with Crippen molar-refractivity contribution >= 4 is 5.97 Å². The van der Waals surface area contributed by atoms with Crippen molar-refractivity contribution in [1.82, 2.24) is 0 Å². The summed E-state index contributed by atoms with van der Waals surface area (Å²) < 4.78 is 22.9. The van der Waals surface area contributed by atoms with Gasteiger partial charge in [-0.1, -0.05) is 26.8 Å². The molecule has 36 heavy (non-hydrogen) atoms. The lowest BCUT2D eigenvalue weighted by molar-refractivity contribution is -0.377. The second-order valence-corrected chi connectivity index (χ2v) is 10.8. The van der Waals surface area contributed by atoms with Gasteiger partial charge < -0.3 is 44.5 Å². The molecule has 0 unspecified atom stereocenters. The van der Waals surface area contributed by atoms with Gasteiger partial charge in [0.25, 0.3) is 0 Å². The van der Waals surface area contributed by atoms with Crippen LogP contribution < -0.4 is 0 Å². The van der Waals surface area contributed by atoms with E-state index >= 15 is 0 Å². The van der Waals surface area contributed by atoms with Gasteiger partial charge in [-0.2, -0.15) is 0 Å². The highest BCUT2D eigenvalue weighted by atomic mass is 16.7. The predicted octanol–water partition coefficient (Wildman–Crippen LogP) is 1.05. The van der Waals surface area contributed by atoms with Crippen LogP contribution in [-0.2, 0) is 23.7 Å². The van der Waals surface area contributed by atoms with Crippen molar-refractivity contribution in [2.24, 2.45) is 11.3 Å². The average Bonchev–Trinajstić information content (AvgIpc) is 2.83. The van der Waals surface area contributed by atoms with Gasteiger partial charge in [0, 0.05) is 57.8 Å². The number of esters is 1. The molecule has 10 heteroatoms. The topological polar surface area (TPSA) is 155 Å². The molecule has 0 spiro atoms. The molecule has 10 nitrogen and oxygen atoms in total. The van der Waals surface area contributed by atoms with Crippen LogP contribution in [0.15, 0.2) is 11.6 Å². The number of hydrogen-bond donors (Lipinski definition) is 5. The number of carbonyl (C=O) groups is 1. The normalized spacial score (nSPS) is 39.7. The quantitative estimate of drug-likeness (QED) is 0.254. The minimum atomic E-state index is -2.26. The molecule has 2 bridgehead atoms. The molecular weight excluding hydrogens is 472 g/mol. The Morgan fingerprint density at radius 1 is 1.11 bits per heavy atom. The molecule has 0 saturated carbocycles. The molecule has 0 aliphatic carbocycles. The summed E-state index contributed by atoms with van der Waals surface area (Å²) in [6, 6.07) is 0. The number of hydrogen-bond acceptors (Lipinski definition) is 10. The van der Waals surface area contributed by atoms with Crippen molar-refractivity contribution in [3.63, 3.8) is 0 Å². The minimum Gasteiger partial charge on any atom is -0.458 e. The fourth-order valence-corrected chi connectivity index (χ4v) is 5.07. The Morgan fingerprint density at radius 2 is 1.75 bits per heavy atom. The number of rotatable bonds is 6. The molecule has 2 aliphatic heterocycles. The van der Waals surface area contributed by atoms with Gasteiger partial charge in [-0.3, -0.25) is 4.79 Å². The molecule has 0 amide bonds. The highest BCUT2D eigenvalue weighted by Gasteiger charge is 2.59. The van der Waals surface area contributed by atoms with Gasteiger partial charge in [0.2, 0.25) is 5.79 Å². The zero-order valence-electron chi connectivity index (χ0n) is 22.4. The first-order valence-electron chi connectivity index (χ1n) is 12.8.